The molecule has 1 aliphatic heterocycles. The Kier molecular flexibility index (Phi) is 3.10. The van der Waals surface area contributed by atoms with Gasteiger partial charge in [0.15, 0.2) is 0 Å². The Labute approximate surface area is 95.2 Å². The van der Waals surface area contributed by atoms with Gasteiger partial charge in [0.05, 0.1) is 13.2 Å². The van der Waals surface area contributed by atoms with Crippen molar-refractivity contribution in [3.05, 3.63) is 24.3 Å². The molecular formula is C12H16N2O2. The average molecular weight is 220 g/mol. The van der Waals surface area contributed by atoms with Gasteiger partial charge in [0, 0.05) is 24.8 Å². The van der Waals surface area contributed by atoms with Crippen LogP contribution in [0.15, 0.2) is 24.3 Å². The van der Waals surface area contributed by atoms with Crippen molar-refractivity contribution in [2.45, 2.75) is 13.0 Å². The van der Waals surface area contributed by atoms with Gasteiger partial charge < -0.3 is 15.0 Å². The minimum atomic E-state index is -0.111. The lowest BCUT2D eigenvalue weighted by atomic mass is 10.2. The van der Waals surface area contributed by atoms with Crippen molar-refractivity contribution in [1.82, 2.24) is 5.32 Å². The maximum atomic E-state index is 11.9. The van der Waals surface area contributed by atoms with Gasteiger partial charge in [-0.3, -0.25) is 4.79 Å². The molecule has 2 rings (SSSR count). The van der Waals surface area contributed by atoms with Gasteiger partial charge in [0.2, 0.25) is 5.91 Å². The van der Waals surface area contributed by atoms with E-state index < -0.39 is 0 Å². The number of carbonyl (C=O) groups excluding carboxylic acids is 1. The van der Waals surface area contributed by atoms with E-state index in [1.807, 2.05) is 31.2 Å². The molecule has 1 saturated heterocycles. The lowest BCUT2D eigenvalue weighted by Crippen LogP contribution is -2.53. The number of amides is 1. The summed E-state index contributed by atoms with van der Waals surface area (Å²) in [4.78, 5) is 13.7. The van der Waals surface area contributed by atoms with Crippen LogP contribution in [0.2, 0.25) is 0 Å². The predicted molar refractivity (Wildman–Crippen MR) is 62.8 cm³/mol. The molecular weight excluding hydrogens is 204 g/mol. The summed E-state index contributed by atoms with van der Waals surface area (Å²) in [7, 11) is 1.63. The van der Waals surface area contributed by atoms with E-state index in [-0.39, 0.29) is 11.9 Å². The first kappa shape index (κ1) is 11.0. The van der Waals surface area contributed by atoms with Gasteiger partial charge in [0.1, 0.15) is 5.75 Å². The molecule has 4 heteroatoms. The molecule has 1 N–H and O–H groups in total. The van der Waals surface area contributed by atoms with Crippen molar-refractivity contribution in [1.29, 1.82) is 0 Å². The van der Waals surface area contributed by atoms with E-state index in [1.165, 1.54) is 0 Å². The number of benzene rings is 1. The van der Waals surface area contributed by atoms with Crippen LogP contribution in [0.4, 0.5) is 5.69 Å². The summed E-state index contributed by atoms with van der Waals surface area (Å²) in [5.41, 5.74) is 0.901. The summed E-state index contributed by atoms with van der Waals surface area (Å²) < 4.78 is 5.15. The minimum absolute atomic E-state index is 0.111. The largest absolute Gasteiger partial charge is 0.497 e. The highest BCUT2D eigenvalue weighted by molar-refractivity contribution is 5.97. The van der Waals surface area contributed by atoms with Crippen LogP contribution in [0.25, 0.3) is 0 Å². The molecule has 0 bridgehead atoms. The van der Waals surface area contributed by atoms with Crippen LogP contribution in [-0.2, 0) is 4.79 Å². The number of hydrogen-bond donors (Lipinski definition) is 1. The highest BCUT2D eigenvalue weighted by atomic mass is 16.5. The Morgan fingerprint density at radius 3 is 3.06 bits per heavy atom. The second-order valence-electron chi connectivity index (χ2n) is 3.87. The smallest absolute Gasteiger partial charge is 0.243 e. The molecule has 86 valence electrons. The first-order valence-electron chi connectivity index (χ1n) is 5.41. The fraction of sp³-hybridized carbons (Fsp3) is 0.417. The fourth-order valence-electron chi connectivity index (χ4n) is 1.86. The Morgan fingerprint density at radius 2 is 2.31 bits per heavy atom. The molecule has 1 fully saturated rings. The molecule has 1 heterocycles. The summed E-state index contributed by atoms with van der Waals surface area (Å²) >= 11 is 0. The van der Waals surface area contributed by atoms with Crippen LogP contribution in [-0.4, -0.2) is 32.1 Å². The monoisotopic (exact) mass is 220 g/mol. The molecule has 1 amide bonds. The number of anilines is 1. The van der Waals surface area contributed by atoms with Crippen molar-refractivity contribution in [2.75, 3.05) is 25.1 Å². The zero-order valence-electron chi connectivity index (χ0n) is 9.56. The number of nitrogens with one attached hydrogen (secondary N) is 1. The first-order chi connectivity index (χ1) is 7.72. The normalized spacial score (nSPS) is 21.0. The van der Waals surface area contributed by atoms with E-state index >= 15 is 0 Å². The zero-order chi connectivity index (χ0) is 11.5. The Bertz CT molecular complexity index is 392. The molecule has 0 saturated carbocycles. The zero-order valence-corrected chi connectivity index (χ0v) is 9.56. The van der Waals surface area contributed by atoms with Crippen molar-refractivity contribution >= 4 is 11.6 Å². The molecule has 0 aromatic heterocycles. The van der Waals surface area contributed by atoms with Gasteiger partial charge in [-0.1, -0.05) is 6.07 Å². The lowest BCUT2D eigenvalue weighted by Gasteiger charge is -2.31. The minimum Gasteiger partial charge on any atom is -0.497 e. The average Bonchev–Trinajstić information content (AvgIpc) is 2.33. The maximum Gasteiger partial charge on any atom is 0.243 e. The van der Waals surface area contributed by atoms with Crippen molar-refractivity contribution in [2.24, 2.45) is 0 Å². The van der Waals surface area contributed by atoms with E-state index in [4.69, 9.17) is 4.74 Å². The summed E-state index contributed by atoms with van der Waals surface area (Å²) in [5, 5.41) is 3.14. The summed E-state index contributed by atoms with van der Waals surface area (Å²) in [6, 6.07) is 7.47. The van der Waals surface area contributed by atoms with Gasteiger partial charge in [-0.25, -0.2) is 0 Å². The number of nitrogens with zero attached hydrogens (tertiary/aromatic N) is 1. The van der Waals surface area contributed by atoms with Crippen LogP contribution in [0, 0.1) is 0 Å². The van der Waals surface area contributed by atoms with Crippen molar-refractivity contribution in [3.8, 4) is 5.75 Å². The van der Waals surface area contributed by atoms with E-state index in [0.29, 0.717) is 6.54 Å². The number of hydrogen-bond acceptors (Lipinski definition) is 3. The molecule has 0 radical (unpaired) electrons. The topological polar surface area (TPSA) is 41.6 Å². The predicted octanol–water partition coefficient (Wildman–Crippen LogP) is 1.02. The third kappa shape index (κ3) is 2.02. The van der Waals surface area contributed by atoms with E-state index in [0.717, 1.165) is 18.0 Å². The molecule has 0 spiro atoms. The van der Waals surface area contributed by atoms with Gasteiger partial charge in [-0.15, -0.1) is 0 Å². The SMILES string of the molecule is COc1cccc(N2CCNC(C)C2=O)c1. The van der Waals surface area contributed by atoms with E-state index in [2.05, 4.69) is 5.32 Å². The second kappa shape index (κ2) is 4.53. The summed E-state index contributed by atoms with van der Waals surface area (Å²) in [6.45, 7) is 3.41. The third-order valence-electron chi connectivity index (χ3n) is 2.79. The second-order valence-corrected chi connectivity index (χ2v) is 3.87. The molecule has 0 aliphatic carbocycles. The molecule has 1 atom stereocenters. The molecule has 1 aliphatic rings. The van der Waals surface area contributed by atoms with Crippen LogP contribution in [0.5, 0.6) is 5.75 Å². The van der Waals surface area contributed by atoms with Gasteiger partial charge in [0.25, 0.3) is 0 Å². The number of methoxy groups -OCH3 is 1. The molecule has 1 aromatic rings. The van der Waals surface area contributed by atoms with Crippen LogP contribution < -0.4 is 15.0 Å². The Balaban J connectivity index is 2.25. The number of piperazine rings is 1. The third-order valence-corrected chi connectivity index (χ3v) is 2.79. The van der Waals surface area contributed by atoms with Crippen molar-refractivity contribution < 1.29 is 9.53 Å². The van der Waals surface area contributed by atoms with Crippen LogP contribution >= 0.6 is 0 Å². The summed E-state index contributed by atoms with van der Waals surface area (Å²) in [6.07, 6.45) is 0. The van der Waals surface area contributed by atoms with Gasteiger partial charge in [-0.2, -0.15) is 0 Å². The van der Waals surface area contributed by atoms with E-state index in [1.54, 1.807) is 12.0 Å². The van der Waals surface area contributed by atoms with E-state index in [9.17, 15) is 4.79 Å². The standard InChI is InChI=1S/C12H16N2O2/c1-9-12(15)14(7-6-13-9)10-4-3-5-11(8-10)16-2/h3-5,8-9,13H,6-7H2,1-2H3. The number of carbonyl (C=O) groups is 1. The highest BCUT2D eigenvalue weighted by Gasteiger charge is 2.25. The van der Waals surface area contributed by atoms with Crippen molar-refractivity contribution in [3.63, 3.8) is 0 Å². The fourth-order valence-corrected chi connectivity index (χ4v) is 1.86. The Hall–Kier alpha value is -1.55. The molecule has 16 heavy (non-hydrogen) atoms. The van der Waals surface area contributed by atoms with Crippen LogP contribution in [0.1, 0.15) is 6.92 Å². The quantitative estimate of drug-likeness (QED) is 0.809. The number of rotatable bonds is 2. The molecule has 4 nitrogen and oxygen atoms in total. The highest BCUT2D eigenvalue weighted by Crippen LogP contribution is 2.22. The summed E-state index contributed by atoms with van der Waals surface area (Å²) in [5.74, 6) is 0.885. The molecule has 1 unspecified atom stereocenters. The van der Waals surface area contributed by atoms with Gasteiger partial charge in [-0.05, 0) is 19.1 Å². The molecule has 1 aromatic carbocycles. The Morgan fingerprint density at radius 1 is 1.50 bits per heavy atom. The number of ether oxygens (including phenoxy) is 1. The lowest BCUT2D eigenvalue weighted by molar-refractivity contribution is -0.121. The first-order valence-corrected chi connectivity index (χ1v) is 5.41. The van der Waals surface area contributed by atoms with Gasteiger partial charge >= 0.3 is 0 Å². The van der Waals surface area contributed by atoms with Crippen LogP contribution in [0.3, 0.4) is 0 Å². The maximum absolute atomic E-state index is 11.9.